The highest BCUT2D eigenvalue weighted by molar-refractivity contribution is 5.84. The lowest BCUT2D eigenvalue weighted by atomic mass is 10.1. The van der Waals surface area contributed by atoms with E-state index < -0.39 is 6.04 Å². The number of amides is 1. The van der Waals surface area contributed by atoms with Crippen molar-refractivity contribution in [3.8, 4) is 5.69 Å². The number of nitrogens with zero attached hydrogens (tertiary/aromatic N) is 4. The maximum absolute atomic E-state index is 13.2. The zero-order chi connectivity index (χ0) is 23.0. The Bertz CT molecular complexity index is 1370. The van der Waals surface area contributed by atoms with Crippen molar-refractivity contribution in [3.63, 3.8) is 0 Å². The van der Waals surface area contributed by atoms with E-state index in [-0.39, 0.29) is 11.5 Å². The minimum absolute atomic E-state index is 0.269. The van der Waals surface area contributed by atoms with Crippen molar-refractivity contribution in [2.45, 2.75) is 47.2 Å². The smallest absolute Gasteiger partial charge is 0.295 e. The van der Waals surface area contributed by atoms with E-state index in [1.165, 1.54) is 4.68 Å². The average molecular weight is 430 g/mol. The van der Waals surface area contributed by atoms with Crippen LogP contribution in [0, 0.1) is 27.7 Å². The van der Waals surface area contributed by atoms with E-state index in [9.17, 15) is 9.59 Å². The summed E-state index contributed by atoms with van der Waals surface area (Å²) in [5.74, 6) is -0.269. The summed E-state index contributed by atoms with van der Waals surface area (Å²) in [6, 6.07) is 15.1. The van der Waals surface area contributed by atoms with Crippen LogP contribution in [-0.4, -0.2) is 25.5 Å². The number of aromatic nitrogens is 4. The van der Waals surface area contributed by atoms with Crippen molar-refractivity contribution in [2.75, 3.05) is 0 Å². The first-order chi connectivity index (χ1) is 15.3. The lowest BCUT2D eigenvalue weighted by molar-refractivity contribution is -0.124. The summed E-state index contributed by atoms with van der Waals surface area (Å²) in [5, 5.41) is 12.7. The van der Waals surface area contributed by atoms with Gasteiger partial charge in [-0.25, -0.2) is 9.36 Å². The summed E-state index contributed by atoms with van der Waals surface area (Å²) in [6.07, 6.45) is 0. The molecular formula is C25H27N5O2. The second kappa shape index (κ2) is 8.42. The predicted molar refractivity (Wildman–Crippen MR) is 125 cm³/mol. The monoisotopic (exact) mass is 429 g/mol. The summed E-state index contributed by atoms with van der Waals surface area (Å²) in [5.41, 5.74) is 5.59. The Morgan fingerprint density at radius 2 is 1.72 bits per heavy atom. The summed E-state index contributed by atoms with van der Waals surface area (Å²) < 4.78 is 2.99. The summed E-state index contributed by atoms with van der Waals surface area (Å²) in [6.45, 7) is 9.86. The molecule has 0 aliphatic heterocycles. The molecule has 0 aliphatic rings. The van der Waals surface area contributed by atoms with Gasteiger partial charge in [-0.1, -0.05) is 47.5 Å². The van der Waals surface area contributed by atoms with E-state index in [1.54, 1.807) is 11.6 Å². The van der Waals surface area contributed by atoms with Crippen LogP contribution in [0.2, 0.25) is 0 Å². The largest absolute Gasteiger partial charge is 0.350 e. The zero-order valence-electron chi connectivity index (χ0n) is 19.0. The molecule has 164 valence electrons. The van der Waals surface area contributed by atoms with Crippen molar-refractivity contribution >= 4 is 16.8 Å². The number of rotatable bonds is 5. The minimum atomic E-state index is -0.764. The van der Waals surface area contributed by atoms with E-state index in [2.05, 4.69) is 15.5 Å². The summed E-state index contributed by atoms with van der Waals surface area (Å²) in [4.78, 5) is 26.0. The van der Waals surface area contributed by atoms with Crippen LogP contribution in [0.25, 0.3) is 16.6 Å². The predicted octanol–water partition coefficient (Wildman–Crippen LogP) is 3.69. The van der Waals surface area contributed by atoms with Gasteiger partial charge in [0, 0.05) is 6.54 Å². The van der Waals surface area contributed by atoms with Gasteiger partial charge in [-0.2, -0.15) is 10.2 Å². The highest BCUT2D eigenvalue weighted by Crippen LogP contribution is 2.22. The molecule has 1 atom stereocenters. The molecule has 4 aromatic rings. The molecule has 0 saturated heterocycles. The minimum Gasteiger partial charge on any atom is -0.350 e. The van der Waals surface area contributed by atoms with E-state index in [1.807, 2.05) is 76.2 Å². The van der Waals surface area contributed by atoms with Gasteiger partial charge < -0.3 is 5.32 Å². The Morgan fingerprint density at radius 1 is 1.00 bits per heavy atom. The fraction of sp³-hybridized carbons (Fsp3) is 0.280. The lowest BCUT2D eigenvalue weighted by Crippen LogP contribution is -2.37. The van der Waals surface area contributed by atoms with Crippen LogP contribution < -0.4 is 10.9 Å². The van der Waals surface area contributed by atoms with Gasteiger partial charge in [0.25, 0.3) is 5.56 Å². The first kappa shape index (κ1) is 21.5. The molecule has 32 heavy (non-hydrogen) atoms. The van der Waals surface area contributed by atoms with Crippen molar-refractivity contribution in [1.29, 1.82) is 0 Å². The Hall–Kier alpha value is -3.74. The molecule has 0 fully saturated rings. The molecule has 0 bridgehead atoms. The van der Waals surface area contributed by atoms with Gasteiger partial charge in [-0.15, -0.1) is 0 Å². The molecule has 0 saturated carbocycles. The lowest BCUT2D eigenvalue weighted by Gasteiger charge is -2.15. The number of benzene rings is 2. The SMILES string of the molecule is Cc1ccc(-n2nc3c(=O)n([C@@H](C)C(=O)NCc4cccc(C)c4)nc(C)c3c2C)cc1. The maximum Gasteiger partial charge on any atom is 0.295 e. The number of carbonyl (C=O) groups excluding carboxylic acids is 1. The Morgan fingerprint density at radius 3 is 2.41 bits per heavy atom. The average Bonchev–Trinajstić information content (AvgIpc) is 3.12. The number of fused-ring (bicyclic) bond motifs is 1. The zero-order valence-corrected chi connectivity index (χ0v) is 19.0. The fourth-order valence-electron chi connectivity index (χ4n) is 3.92. The van der Waals surface area contributed by atoms with E-state index in [0.29, 0.717) is 17.8 Å². The second-order valence-corrected chi connectivity index (χ2v) is 8.27. The normalized spacial score (nSPS) is 12.2. The van der Waals surface area contributed by atoms with Crippen LogP contribution in [0.5, 0.6) is 0 Å². The summed E-state index contributed by atoms with van der Waals surface area (Å²) in [7, 11) is 0. The molecule has 0 aliphatic carbocycles. The van der Waals surface area contributed by atoms with Crippen LogP contribution in [-0.2, 0) is 11.3 Å². The second-order valence-electron chi connectivity index (χ2n) is 8.27. The van der Waals surface area contributed by atoms with Crippen LogP contribution in [0.4, 0.5) is 0 Å². The third kappa shape index (κ3) is 3.93. The van der Waals surface area contributed by atoms with Crippen molar-refractivity contribution < 1.29 is 4.79 Å². The molecular weight excluding hydrogens is 402 g/mol. The van der Waals surface area contributed by atoms with E-state index >= 15 is 0 Å². The van der Waals surface area contributed by atoms with Crippen LogP contribution in [0.1, 0.15) is 41.0 Å². The van der Waals surface area contributed by atoms with E-state index in [0.717, 1.165) is 33.5 Å². The molecule has 1 amide bonds. The van der Waals surface area contributed by atoms with Gasteiger partial charge in [-0.05, 0) is 52.3 Å². The van der Waals surface area contributed by atoms with E-state index in [4.69, 9.17) is 0 Å². The maximum atomic E-state index is 13.2. The molecule has 0 unspecified atom stereocenters. The highest BCUT2D eigenvalue weighted by Gasteiger charge is 2.23. The molecule has 2 aromatic carbocycles. The van der Waals surface area contributed by atoms with Gasteiger partial charge in [0.1, 0.15) is 6.04 Å². The van der Waals surface area contributed by atoms with Gasteiger partial charge in [-0.3, -0.25) is 9.59 Å². The Labute approximate surface area is 186 Å². The molecule has 0 radical (unpaired) electrons. The Kier molecular flexibility index (Phi) is 5.65. The molecule has 4 rings (SSSR count). The van der Waals surface area contributed by atoms with Gasteiger partial charge >= 0.3 is 0 Å². The van der Waals surface area contributed by atoms with Crippen molar-refractivity contribution in [3.05, 3.63) is 87.0 Å². The van der Waals surface area contributed by atoms with Crippen molar-refractivity contribution in [1.82, 2.24) is 24.9 Å². The molecule has 7 heteroatoms. The molecule has 1 N–H and O–H groups in total. The first-order valence-electron chi connectivity index (χ1n) is 10.7. The number of hydrogen-bond donors (Lipinski definition) is 1. The molecule has 0 spiro atoms. The fourth-order valence-corrected chi connectivity index (χ4v) is 3.92. The number of carbonyl (C=O) groups is 1. The van der Waals surface area contributed by atoms with Crippen LogP contribution >= 0.6 is 0 Å². The quantitative estimate of drug-likeness (QED) is 0.525. The van der Waals surface area contributed by atoms with Gasteiger partial charge in [0.05, 0.1) is 22.5 Å². The molecule has 2 aromatic heterocycles. The third-order valence-corrected chi connectivity index (χ3v) is 5.72. The van der Waals surface area contributed by atoms with Crippen LogP contribution in [0.15, 0.2) is 53.3 Å². The molecule has 7 nitrogen and oxygen atoms in total. The third-order valence-electron chi connectivity index (χ3n) is 5.72. The van der Waals surface area contributed by atoms with Gasteiger partial charge in [0.15, 0.2) is 5.52 Å². The summed E-state index contributed by atoms with van der Waals surface area (Å²) >= 11 is 0. The van der Waals surface area contributed by atoms with Crippen LogP contribution in [0.3, 0.4) is 0 Å². The number of nitrogens with one attached hydrogen (secondary N) is 1. The standard InChI is InChI=1S/C25H27N5O2/c1-15-9-11-21(12-10-15)29-18(4)22-17(3)27-30(25(32)23(22)28-29)19(5)24(31)26-14-20-8-6-7-16(2)13-20/h6-13,19H,14H2,1-5H3,(H,26,31)/t19-/m0/s1. The number of hydrogen-bond acceptors (Lipinski definition) is 4. The topological polar surface area (TPSA) is 81.8 Å². The Balaban J connectivity index is 1.67. The van der Waals surface area contributed by atoms with Gasteiger partial charge in [0.2, 0.25) is 5.91 Å². The first-order valence-corrected chi connectivity index (χ1v) is 10.7. The highest BCUT2D eigenvalue weighted by atomic mass is 16.2. The molecule has 2 heterocycles. The number of aryl methyl sites for hydroxylation is 4. The van der Waals surface area contributed by atoms with Crippen molar-refractivity contribution in [2.24, 2.45) is 0 Å².